The largest absolute Gasteiger partial charge is 0.298 e. The highest BCUT2D eigenvalue weighted by atomic mass is 32.1. The Morgan fingerprint density at radius 1 is 1.09 bits per heavy atom. The van der Waals surface area contributed by atoms with Crippen molar-refractivity contribution in [3.05, 3.63) is 65.3 Å². The molecule has 0 aliphatic rings. The Labute approximate surface area is 128 Å². The number of hydrogen-bond donors (Lipinski definition) is 1. The van der Waals surface area contributed by atoms with Crippen molar-refractivity contribution >= 4 is 22.4 Å². The molecule has 110 valence electrons. The van der Waals surface area contributed by atoms with Crippen LogP contribution in [0.3, 0.4) is 0 Å². The maximum atomic E-state index is 13.2. The molecule has 0 fully saturated rings. The van der Waals surface area contributed by atoms with Crippen LogP contribution in [0.2, 0.25) is 0 Å². The number of nitrogens with zero attached hydrogens (tertiary/aromatic N) is 2. The summed E-state index contributed by atoms with van der Waals surface area (Å²) in [5.74, 6) is -2.16. The number of pyridine rings is 1. The number of anilines is 1. The number of thiazole rings is 1. The standard InChI is InChI=1S/C15H9F2N3OS/c16-11-2-1-10(7-12(11)17)13-8-22-15(19-13)20-14(21)9-3-5-18-6-4-9/h1-8H,(H,19,20,21). The van der Waals surface area contributed by atoms with E-state index in [1.54, 1.807) is 17.5 Å². The first-order valence-corrected chi connectivity index (χ1v) is 7.14. The summed E-state index contributed by atoms with van der Waals surface area (Å²) in [7, 11) is 0. The lowest BCUT2D eigenvalue weighted by Crippen LogP contribution is -2.11. The average molecular weight is 317 g/mol. The summed E-state index contributed by atoms with van der Waals surface area (Å²) in [5.41, 5.74) is 1.37. The third kappa shape index (κ3) is 2.99. The zero-order chi connectivity index (χ0) is 15.5. The van der Waals surface area contributed by atoms with E-state index in [1.165, 1.54) is 29.8 Å². The van der Waals surface area contributed by atoms with Crippen LogP contribution in [0.4, 0.5) is 13.9 Å². The fourth-order valence-electron chi connectivity index (χ4n) is 1.79. The molecule has 3 aromatic rings. The van der Waals surface area contributed by atoms with Gasteiger partial charge < -0.3 is 0 Å². The highest BCUT2D eigenvalue weighted by Crippen LogP contribution is 2.26. The molecule has 0 bridgehead atoms. The van der Waals surface area contributed by atoms with Crippen LogP contribution < -0.4 is 5.32 Å². The normalized spacial score (nSPS) is 10.5. The van der Waals surface area contributed by atoms with Crippen molar-refractivity contribution in [1.82, 2.24) is 9.97 Å². The van der Waals surface area contributed by atoms with Gasteiger partial charge in [0.15, 0.2) is 16.8 Å². The van der Waals surface area contributed by atoms with Gasteiger partial charge in [-0.1, -0.05) is 0 Å². The second-order valence-corrected chi connectivity index (χ2v) is 5.21. The van der Waals surface area contributed by atoms with Gasteiger partial charge in [0.25, 0.3) is 5.91 Å². The SMILES string of the molecule is O=C(Nc1nc(-c2ccc(F)c(F)c2)cs1)c1ccncc1. The van der Waals surface area contributed by atoms with E-state index in [2.05, 4.69) is 15.3 Å². The van der Waals surface area contributed by atoms with Crippen LogP contribution in [-0.2, 0) is 0 Å². The monoisotopic (exact) mass is 317 g/mol. The number of hydrogen-bond acceptors (Lipinski definition) is 4. The Balaban J connectivity index is 1.79. The molecule has 0 aliphatic heterocycles. The summed E-state index contributed by atoms with van der Waals surface area (Å²) >= 11 is 1.20. The molecule has 0 unspecified atom stereocenters. The lowest BCUT2D eigenvalue weighted by atomic mass is 10.2. The molecule has 22 heavy (non-hydrogen) atoms. The predicted octanol–water partition coefficient (Wildman–Crippen LogP) is 3.74. The first-order valence-electron chi connectivity index (χ1n) is 6.26. The van der Waals surface area contributed by atoms with E-state index in [-0.39, 0.29) is 5.91 Å². The molecule has 2 aromatic heterocycles. The molecule has 0 aliphatic carbocycles. The molecule has 4 nitrogen and oxygen atoms in total. The van der Waals surface area contributed by atoms with E-state index in [9.17, 15) is 13.6 Å². The Bertz CT molecular complexity index is 821. The maximum Gasteiger partial charge on any atom is 0.257 e. The van der Waals surface area contributed by atoms with Crippen LogP contribution in [-0.4, -0.2) is 15.9 Å². The van der Waals surface area contributed by atoms with Crippen molar-refractivity contribution in [3.8, 4) is 11.3 Å². The first-order chi connectivity index (χ1) is 10.6. The zero-order valence-electron chi connectivity index (χ0n) is 11.1. The Kier molecular flexibility index (Phi) is 3.88. The van der Waals surface area contributed by atoms with Crippen LogP contribution in [0, 0.1) is 11.6 Å². The second kappa shape index (κ2) is 5.98. The molecule has 0 radical (unpaired) electrons. The molecule has 0 atom stereocenters. The van der Waals surface area contributed by atoms with Gasteiger partial charge in [0.2, 0.25) is 0 Å². The minimum Gasteiger partial charge on any atom is -0.298 e. The maximum absolute atomic E-state index is 13.2. The molecule has 3 rings (SSSR count). The summed E-state index contributed by atoms with van der Waals surface area (Å²) in [4.78, 5) is 20.0. The Hall–Kier alpha value is -2.67. The van der Waals surface area contributed by atoms with E-state index in [1.807, 2.05) is 0 Å². The number of carbonyl (C=O) groups excluding carboxylic acids is 1. The first kappa shape index (κ1) is 14.3. The fraction of sp³-hybridized carbons (Fsp3) is 0. The van der Waals surface area contributed by atoms with Crippen molar-refractivity contribution < 1.29 is 13.6 Å². The van der Waals surface area contributed by atoms with Crippen LogP contribution in [0.25, 0.3) is 11.3 Å². The van der Waals surface area contributed by atoms with Crippen molar-refractivity contribution in [2.45, 2.75) is 0 Å². The fourth-order valence-corrected chi connectivity index (χ4v) is 2.51. The van der Waals surface area contributed by atoms with E-state index in [0.29, 0.717) is 22.0 Å². The van der Waals surface area contributed by atoms with Crippen molar-refractivity contribution in [3.63, 3.8) is 0 Å². The number of rotatable bonds is 3. The number of halogens is 2. The lowest BCUT2D eigenvalue weighted by Gasteiger charge is -2.01. The molecular weight excluding hydrogens is 308 g/mol. The molecule has 2 heterocycles. The van der Waals surface area contributed by atoms with Crippen LogP contribution in [0.5, 0.6) is 0 Å². The second-order valence-electron chi connectivity index (χ2n) is 4.36. The van der Waals surface area contributed by atoms with Gasteiger partial charge in [-0.2, -0.15) is 0 Å². The number of benzene rings is 1. The van der Waals surface area contributed by atoms with Gasteiger partial charge in [-0.25, -0.2) is 13.8 Å². The Morgan fingerprint density at radius 2 is 1.86 bits per heavy atom. The Morgan fingerprint density at radius 3 is 2.59 bits per heavy atom. The molecule has 1 amide bonds. The topological polar surface area (TPSA) is 54.9 Å². The van der Waals surface area contributed by atoms with Gasteiger partial charge >= 0.3 is 0 Å². The van der Waals surface area contributed by atoms with E-state index < -0.39 is 11.6 Å². The smallest absolute Gasteiger partial charge is 0.257 e. The van der Waals surface area contributed by atoms with Crippen LogP contribution >= 0.6 is 11.3 Å². The van der Waals surface area contributed by atoms with Crippen molar-refractivity contribution in [1.29, 1.82) is 0 Å². The summed E-state index contributed by atoms with van der Waals surface area (Å²) in [5, 5.41) is 4.69. The van der Waals surface area contributed by atoms with Gasteiger partial charge in [-0.15, -0.1) is 11.3 Å². The summed E-state index contributed by atoms with van der Waals surface area (Å²) in [6, 6.07) is 6.71. The highest BCUT2D eigenvalue weighted by molar-refractivity contribution is 7.14. The molecule has 1 aromatic carbocycles. The van der Waals surface area contributed by atoms with E-state index in [0.717, 1.165) is 12.1 Å². The molecule has 7 heteroatoms. The minimum absolute atomic E-state index is 0.311. The van der Waals surface area contributed by atoms with Crippen LogP contribution in [0.15, 0.2) is 48.1 Å². The van der Waals surface area contributed by atoms with Gasteiger partial charge in [0.05, 0.1) is 5.69 Å². The third-order valence-electron chi connectivity index (χ3n) is 2.88. The molecule has 0 saturated heterocycles. The lowest BCUT2D eigenvalue weighted by molar-refractivity contribution is 0.102. The highest BCUT2D eigenvalue weighted by Gasteiger charge is 2.11. The van der Waals surface area contributed by atoms with E-state index >= 15 is 0 Å². The van der Waals surface area contributed by atoms with Crippen molar-refractivity contribution in [2.75, 3.05) is 5.32 Å². The zero-order valence-corrected chi connectivity index (χ0v) is 11.9. The molecule has 0 spiro atoms. The minimum atomic E-state index is -0.937. The number of nitrogens with one attached hydrogen (secondary N) is 1. The van der Waals surface area contributed by atoms with Gasteiger partial charge in [0.1, 0.15) is 0 Å². The number of carbonyl (C=O) groups is 1. The summed E-state index contributed by atoms with van der Waals surface area (Å²) in [6.45, 7) is 0. The van der Waals surface area contributed by atoms with Gasteiger partial charge in [0, 0.05) is 28.9 Å². The van der Waals surface area contributed by atoms with Gasteiger partial charge in [-0.05, 0) is 30.3 Å². The summed E-state index contributed by atoms with van der Waals surface area (Å²) < 4.78 is 26.2. The summed E-state index contributed by atoms with van der Waals surface area (Å²) in [6.07, 6.45) is 3.03. The number of amides is 1. The van der Waals surface area contributed by atoms with Crippen LogP contribution in [0.1, 0.15) is 10.4 Å². The predicted molar refractivity (Wildman–Crippen MR) is 79.7 cm³/mol. The molecular formula is C15H9F2N3OS. The quantitative estimate of drug-likeness (QED) is 0.800. The van der Waals surface area contributed by atoms with Gasteiger partial charge in [-0.3, -0.25) is 15.1 Å². The van der Waals surface area contributed by atoms with E-state index in [4.69, 9.17) is 0 Å². The molecule has 1 N–H and O–H groups in total. The third-order valence-corrected chi connectivity index (χ3v) is 3.64. The van der Waals surface area contributed by atoms with Crippen molar-refractivity contribution in [2.24, 2.45) is 0 Å². The number of aromatic nitrogens is 2. The molecule has 0 saturated carbocycles. The average Bonchev–Trinajstić information content (AvgIpc) is 2.99.